The van der Waals surface area contributed by atoms with E-state index in [-0.39, 0.29) is 30.1 Å². The largest absolute Gasteiger partial charge is 0.454 e. The van der Waals surface area contributed by atoms with Gasteiger partial charge < -0.3 is 18.8 Å². The Hall–Kier alpha value is -3.19. The Kier molecular flexibility index (Phi) is 4.99. The molecule has 0 aliphatic carbocycles. The van der Waals surface area contributed by atoms with Crippen molar-refractivity contribution in [3.05, 3.63) is 102 Å². The fourth-order valence-corrected chi connectivity index (χ4v) is 4.90. The van der Waals surface area contributed by atoms with Gasteiger partial charge in [-0.05, 0) is 53.6 Å². The number of carbonyl (C=O) groups is 1. The first-order valence-electron chi connectivity index (χ1n) is 10.3. The zero-order chi connectivity index (χ0) is 23.6. The van der Waals surface area contributed by atoms with E-state index in [4.69, 9.17) is 48.7 Å². The number of fused-ring (bicyclic) bond motifs is 3. The first-order valence-corrected chi connectivity index (χ1v) is 11.4. The van der Waals surface area contributed by atoms with E-state index in [2.05, 4.69) is 0 Å². The lowest BCUT2D eigenvalue weighted by molar-refractivity contribution is 0.0714. The lowest BCUT2D eigenvalue weighted by Crippen LogP contribution is -2.29. The Labute approximate surface area is 208 Å². The standard InChI is InChI=1S/C25H14Cl3NO5/c26-14-3-6-18-15(9-14)23(30)21-22(13-2-4-16(27)17(28)8-13)29(25(31)24(21)34-18)10-12-1-5-19-20(7-12)33-11-32-19/h1-9,22H,10-11H2. The minimum atomic E-state index is -0.734. The van der Waals surface area contributed by atoms with Crippen LogP contribution in [-0.2, 0) is 6.54 Å². The molecule has 6 rings (SSSR count). The number of benzene rings is 3. The van der Waals surface area contributed by atoms with Crippen molar-refractivity contribution in [1.82, 2.24) is 4.90 Å². The van der Waals surface area contributed by atoms with Gasteiger partial charge in [0.15, 0.2) is 16.9 Å². The minimum Gasteiger partial charge on any atom is -0.454 e. The fraction of sp³-hybridized carbons (Fsp3) is 0.120. The molecular weight excluding hydrogens is 501 g/mol. The molecular formula is C25H14Cl3NO5. The summed E-state index contributed by atoms with van der Waals surface area (Å²) < 4.78 is 16.8. The van der Waals surface area contributed by atoms with Crippen molar-refractivity contribution in [2.45, 2.75) is 12.6 Å². The van der Waals surface area contributed by atoms with Crippen LogP contribution in [-0.4, -0.2) is 17.6 Å². The van der Waals surface area contributed by atoms with Gasteiger partial charge in [-0.15, -0.1) is 0 Å². The maximum absolute atomic E-state index is 13.6. The molecule has 2 aliphatic heterocycles. The van der Waals surface area contributed by atoms with E-state index in [1.54, 1.807) is 47.4 Å². The summed E-state index contributed by atoms with van der Waals surface area (Å²) in [6.45, 7) is 0.341. The van der Waals surface area contributed by atoms with Gasteiger partial charge in [0, 0.05) is 11.6 Å². The Balaban J connectivity index is 1.54. The van der Waals surface area contributed by atoms with E-state index < -0.39 is 11.9 Å². The van der Waals surface area contributed by atoms with Crippen LogP contribution in [0, 0.1) is 0 Å². The van der Waals surface area contributed by atoms with E-state index in [1.807, 2.05) is 12.1 Å². The lowest BCUT2D eigenvalue weighted by Gasteiger charge is -2.25. The number of ether oxygens (including phenoxy) is 2. The maximum Gasteiger partial charge on any atom is 0.291 e. The van der Waals surface area contributed by atoms with Crippen LogP contribution in [0.25, 0.3) is 11.0 Å². The van der Waals surface area contributed by atoms with E-state index in [0.717, 1.165) is 5.56 Å². The van der Waals surface area contributed by atoms with E-state index >= 15 is 0 Å². The molecule has 170 valence electrons. The van der Waals surface area contributed by atoms with Gasteiger partial charge in [-0.1, -0.05) is 46.9 Å². The molecule has 34 heavy (non-hydrogen) atoms. The third-order valence-electron chi connectivity index (χ3n) is 5.98. The smallest absolute Gasteiger partial charge is 0.291 e. The van der Waals surface area contributed by atoms with Crippen LogP contribution in [0.3, 0.4) is 0 Å². The van der Waals surface area contributed by atoms with E-state index in [0.29, 0.717) is 43.1 Å². The van der Waals surface area contributed by atoms with Crippen LogP contribution < -0.4 is 14.9 Å². The second-order valence-corrected chi connectivity index (χ2v) is 9.26. The van der Waals surface area contributed by atoms with Crippen LogP contribution in [0.2, 0.25) is 15.1 Å². The van der Waals surface area contributed by atoms with E-state index in [1.165, 1.54) is 0 Å². The lowest BCUT2D eigenvalue weighted by atomic mass is 9.98. The number of carbonyl (C=O) groups excluding carboxylic acids is 1. The number of halogens is 3. The highest BCUT2D eigenvalue weighted by molar-refractivity contribution is 6.42. The zero-order valence-electron chi connectivity index (χ0n) is 17.3. The van der Waals surface area contributed by atoms with Crippen molar-refractivity contribution in [3.63, 3.8) is 0 Å². The van der Waals surface area contributed by atoms with Gasteiger partial charge in [-0.3, -0.25) is 9.59 Å². The summed E-state index contributed by atoms with van der Waals surface area (Å²) in [7, 11) is 0. The predicted molar refractivity (Wildman–Crippen MR) is 128 cm³/mol. The monoisotopic (exact) mass is 513 g/mol. The molecule has 6 nitrogen and oxygen atoms in total. The van der Waals surface area contributed by atoms with E-state index in [9.17, 15) is 9.59 Å². The Morgan fingerprint density at radius 1 is 0.882 bits per heavy atom. The molecule has 4 aromatic rings. The molecule has 1 aromatic heterocycles. The summed E-state index contributed by atoms with van der Waals surface area (Å²) >= 11 is 18.6. The number of amides is 1. The summed E-state index contributed by atoms with van der Waals surface area (Å²) in [5.41, 5.74) is 1.64. The molecule has 0 saturated carbocycles. The third-order valence-corrected chi connectivity index (χ3v) is 6.95. The van der Waals surface area contributed by atoms with Crippen molar-refractivity contribution in [2.24, 2.45) is 0 Å². The highest BCUT2D eigenvalue weighted by Gasteiger charge is 2.43. The molecule has 9 heteroatoms. The van der Waals surface area contributed by atoms with Gasteiger partial charge in [0.2, 0.25) is 12.6 Å². The zero-order valence-corrected chi connectivity index (χ0v) is 19.6. The van der Waals surface area contributed by atoms with Crippen LogP contribution in [0.1, 0.15) is 33.3 Å². The fourth-order valence-electron chi connectivity index (χ4n) is 4.42. The summed E-state index contributed by atoms with van der Waals surface area (Å²) in [6.07, 6.45) is 0. The summed E-state index contributed by atoms with van der Waals surface area (Å²) in [6, 6.07) is 14.5. The molecule has 2 aliphatic rings. The predicted octanol–water partition coefficient (Wildman–Crippen LogP) is 6.23. The average Bonchev–Trinajstić information content (AvgIpc) is 3.39. The van der Waals surface area contributed by atoms with Crippen molar-refractivity contribution in [2.75, 3.05) is 6.79 Å². The summed E-state index contributed by atoms with van der Waals surface area (Å²) in [4.78, 5) is 28.8. The van der Waals surface area contributed by atoms with Crippen molar-refractivity contribution in [3.8, 4) is 11.5 Å². The van der Waals surface area contributed by atoms with Crippen molar-refractivity contribution in [1.29, 1.82) is 0 Å². The van der Waals surface area contributed by atoms with Gasteiger partial charge >= 0.3 is 0 Å². The van der Waals surface area contributed by atoms with Gasteiger partial charge in [0.25, 0.3) is 5.91 Å². The number of hydrogen-bond acceptors (Lipinski definition) is 5. The topological polar surface area (TPSA) is 69.0 Å². The summed E-state index contributed by atoms with van der Waals surface area (Å²) in [5, 5.41) is 1.38. The molecule has 3 aromatic carbocycles. The molecule has 1 amide bonds. The van der Waals surface area contributed by atoms with Crippen LogP contribution in [0.15, 0.2) is 63.8 Å². The first-order chi connectivity index (χ1) is 16.4. The quantitative estimate of drug-likeness (QED) is 0.324. The second kappa shape index (κ2) is 7.94. The number of rotatable bonds is 3. The van der Waals surface area contributed by atoms with Crippen LogP contribution in [0.4, 0.5) is 0 Å². The second-order valence-electron chi connectivity index (χ2n) is 8.01. The maximum atomic E-state index is 13.6. The molecule has 0 saturated heterocycles. The molecule has 0 spiro atoms. The van der Waals surface area contributed by atoms with Crippen molar-refractivity contribution < 1.29 is 18.7 Å². The Morgan fingerprint density at radius 3 is 2.53 bits per heavy atom. The molecule has 1 unspecified atom stereocenters. The van der Waals surface area contributed by atoms with Gasteiger partial charge in [0.05, 0.1) is 27.0 Å². The number of hydrogen-bond donors (Lipinski definition) is 0. The highest BCUT2D eigenvalue weighted by Crippen LogP contribution is 2.41. The summed E-state index contributed by atoms with van der Waals surface area (Å²) in [5.74, 6) is 0.831. The molecule has 0 fully saturated rings. The van der Waals surface area contributed by atoms with Crippen LogP contribution in [0.5, 0.6) is 11.5 Å². The van der Waals surface area contributed by atoms with Crippen molar-refractivity contribution >= 4 is 51.7 Å². The molecule has 1 atom stereocenters. The molecule has 0 N–H and O–H groups in total. The normalized spacial score (nSPS) is 16.4. The molecule has 0 bridgehead atoms. The SMILES string of the molecule is O=C1c2oc3ccc(Cl)cc3c(=O)c2C(c2ccc(Cl)c(Cl)c2)N1Cc1ccc2c(c1)OCO2. The Morgan fingerprint density at radius 2 is 1.71 bits per heavy atom. The molecule has 0 radical (unpaired) electrons. The first kappa shape index (κ1) is 21.4. The Bertz CT molecular complexity index is 1560. The van der Waals surface area contributed by atoms with Gasteiger partial charge in [0.1, 0.15) is 5.58 Å². The third kappa shape index (κ3) is 3.33. The highest BCUT2D eigenvalue weighted by atomic mass is 35.5. The van der Waals surface area contributed by atoms with Gasteiger partial charge in [-0.25, -0.2) is 0 Å². The number of nitrogens with zero attached hydrogens (tertiary/aromatic N) is 1. The minimum absolute atomic E-state index is 0.00311. The van der Waals surface area contributed by atoms with Crippen LogP contribution >= 0.6 is 34.8 Å². The average molecular weight is 515 g/mol. The van der Waals surface area contributed by atoms with Gasteiger partial charge in [-0.2, -0.15) is 0 Å². The molecule has 3 heterocycles.